The molecule has 1 aromatic heterocycles. The molecule has 9 heteroatoms. The smallest absolute Gasteiger partial charge is 0.255 e. The van der Waals surface area contributed by atoms with E-state index in [4.69, 9.17) is 5.73 Å². The van der Waals surface area contributed by atoms with Gasteiger partial charge in [0.2, 0.25) is 11.8 Å². The molecule has 2 atom stereocenters. The van der Waals surface area contributed by atoms with Gasteiger partial charge < -0.3 is 10.6 Å². The van der Waals surface area contributed by atoms with Crippen molar-refractivity contribution in [2.24, 2.45) is 0 Å². The zero-order valence-corrected chi connectivity index (χ0v) is 15.8. The standard InChI is InChI=1S/C20H18F2N4O3/c1-8-7-12(24-18(23)16(8)21)10-3-4-11-15(17(10)22)9(2)26(20(11)29)13-5-6-14(27)25-19(13)28/h3-4,7,9,13H,5-6H2,1-2H3,(H2,23,24)(H,25,27,28). The summed E-state index contributed by atoms with van der Waals surface area (Å²) in [5.41, 5.74) is 6.32. The molecule has 3 N–H and O–H groups in total. The average molecular weight is 400 g/mol. The normalized spacial score (nSPS) is 21.4. The van der Waals surface area contributed by atoms with Gasteiger partial charge in [-0.05, 0) is 44.0 Å². The number of fused-ring (bicyclic) bond motifs is 1. The number of aryl methyl sites for hydroxylation is 1. The lowest BCUT2D eigenvalue weighted by Crippen LogP contribution is -2.53. The molecule has 150 valence electrons. The highest BCUT2D eigenvalue weighted by Gasteiger charge is 2.44. The first-order valence-corrected chi connectivity index (χ1v) is 9.12. The average Bonchev–Trinajstić information content (AvgIpc) is 2.91. The van der Waals surface area contributed by atoms with Crippen LogP contribution in [0.1, 0.15) is 47.3 Å². The third kappa shape index (κ3) is 2.84. The summed E-state index contributed by atoms with van der Waals surface area (Å²) in [5.74, 6) is -3.12. The van der Waals surface area contributed by atoms with Gasteiger partial charge in [0.25, 0.3) is 5.91 Å². The number of nitrogen functional groups attached to an aromatic ring is 1. The number of rotatable bonds is 2. The number of pyridine rings is 1. The molecule has 1 saturated heterocycles. The maximum atomic E-state index is 15.4. The van der Waals surface area contributed by atoms with Crippen LogP contribution in [-0.2, 0) is 9.59 Å². The van der Waals surface area contributed by atoms with Gasteiger partial charge in [0.15, 0.2) is 11.6 Å². The molecule has 0 spiro atoms. The Morgan fingerprint density at radius 1 is 1.17 bits per heavy atom. The molecule has 0 saturated carbocycles. The van der Waals surface area contributed by atoms with Crippen molar-refractivity contribution in [1.82, 2.24) is 15.2 Å². The first kappa shape index (κ1) is 19.0. The fraction of sp³-hybridized carbons (Fsp3) is 0.300. The molecule has 3 heterocycles. The summed E-state index contributed by atoms with van der Waals surface area (Å²) in [5, 5.41) is 2.22. The largest absolute Gasteiger partial charge is 0.381 e. The van der Waals surface area contributed by atoms with E-state index in [1.807, 2.05) is 0 Å². The fourth-order valence-corrected chi connectivity index (χ4v) is 4.02. The number of aromatic nitrogens is 1. The second-order valence-corrected chi connectivity index (χ2v) is 7.27. The van der Waals surface area contributed by atoms with Crippen LogP contribution in [0.5, 0.6) is 0 Å². The molecule has 2 aromatic rings. The van der Waals surface area contributed by atoms with Gasteiger partial charge in [-0.1, -0.05) is 0 Å². The van der Waals surface area contributed by atoms with Crippen molar-refractivity contribution in [1.29, 1.82) is 0 Å². The van der Waals surface area contributed by atoms with Gasteiger partial charge in [0.1, 0.15) is 11.9 Å². The number of piperidine rings is 1. The van der Waals surface area contributed by atoms with Crippen molar-refractivity contribution < 1.29 is 23.2 Å². The van der Waals surface area contributed by atoms with E-state index in [2.05, 4.69) is 10.3 Å². The quantitative estimate of drug-likeness (QED) is 0.752. The second-order valence-electron chi connectivity index (χ2n) is 7.27. The SMILES string of the molecule is Cc1cc(-c2ccc3c(c2F)C(C)N(C2CCC(=O)NC2=O)C3=O)nc(N)c1F. The Labute approximate surface area is 164 Å². The molecule has 0 bridgehead atoms. The summed E-state index contributed by atoms with van der Waals surface area (Å²) >= 11 is 0. The highest BCUT2D eigenvalue weighted by atomic mass is 19.1. The number of hydrogen-bond acceptors (Lipinski definition) is 5. The molecule has 4 rings (SSSR count). The predicted octanol–water partition coefficient (Wildman–Crippen LogP) is 2.24. The molecule has 1 aromatic carbocycles. The Hall–Kier alpha value is -3.36. The van der Waals surface area contributed by atoms with Crippen LogP contribution in [0.2, 0.25) is 0 Å². The first-order chi connectivity index (χ1) is 13.7. The number of imide groups is 1. The summed E-state index contributed by atoms with van der Waals surface area (Å²) < 4.78 is 29.2. The van der Waals surface area contributed by atoms with Crippen LogP contribution in [0.4, 0.5) is 14.6 Å². The maximum absolute atomic E-state index is 15.4. The van der Waals surface area contributed by atoms with E-state index in [0.717, 1.165) is 0 Å². The maximum Gasteiger partial charge on any atom is 0.255 e. The number of anilines is 1. The third-order valence-electron chi connectivity index (χ3n) is 5.47. The topological polar surface area (TPSA) is 105 Å². The van der Waals surface area contributed by atoms with Gasteiger partial charge in [0.05, 0.1) is 11.7 Å². The lowest BCUT2D eigenvalue weighted by molar-refractivity contribution is -0.137. The third-order valence-corrected chi connectivity index (χ3v) is 5.47. The highest BCUT2D eigenvalue weighted by Crippen LogP contribution is 2.41. The molecule has 2 aliphatic rings. The van der Waals surface area contributed by atoms with Gasteiger partial charge in [-0.2, -0.15) is 0 Å². The summed E-state index contributed by atoms with van der Waals surface area (Å²) in [6.45, 7) is 3.12. The molecule has 0 radical (unpaired) electrons. The Bertz CT molecular complexity index is 1060. The fourth-order valence-electron chi connectivity index (χ4n) is 4.02. The van der Waals surface area contributed by atoms with Gasteiger partial charge in [-0.25, -0.2) is 13.8 Å². The van der Waals surface area contributed by atoms with Gasteiger partial charge in [-0.3, -0.25) is 19.7 Å². The van der Waals surface area contributed by atoms with E-state index in [9.17, 15) is 18.8 Å². The molecular weight excluding hydrogens is 382 g/mol. The summed E-state index contributed by atoms with van der Waals surface area (Å²) in [7, 11) is 0. The van der Waals surface area contributed by atoms with Crippen molar-refractivity contribution >= 4 is 23.5 Å². The Morgan fingerprint density at radius 2 is 1.86 bits per heavy atom. The van der Waals surface area contributed by atoms with E-state index in [1.165, 1.54) is 30.0 Å². The number of nitrogens with zero attached hydrogens (tertiary/aromatic N) is 2. The van der Waals surface area contributed by atoms with E-state index in [1.54, 1.807) is 6.92 Å². The van der Waals surface area contributed by atoms with Crippen LogP contribution in [0.25, 0.3) is 11.3 Å². The number of hydrogen-bond donors (Lipinski definition) is 2. The summed E-state index contributed by atoms with van der Waals surface area (Å²) in [6.07, 6.45) is 0.285. The predicted molar refractivity (Wildman–Crippen MR) is 99.5 cm³/mol. The number of benzene rings is 1. The minimum atomic E-state index is -0.854. The number of halogens is 2. The Kier molecular flexibility index (Phi) is 4.33. The van der Waals surface area contributed by atoms with E-state index in [-0.39, 0.29) is 46.6 Å². The lowest BCUT2D eigenvalue weighted by atomic mass is 9.98. The molecule has 7 nitrogen and oxygen atoms in total. The molecular formula is C20H18F2N4O3. The summed E-state index contributed by atoms with van der Waals surface area (Å²) in [4.78, 5) is 41.8. The number of carbonyl (C=O) groups is 3. The molecule has 2 aliphatic heterocycles. The minimum Gasteiger partial charge on any atom is -0.381 e. The van der Waals surface area contributed by atoms with Crippen molar-refractivity contribution in [3.05, 3.63) is 46.5 Å². The van der Waals surface area contributed by atoms with Gasteiger partial charge in [0, 0.05) is 23.1 Å². The minimum absolute atomic E-state index is 0.0864. The molecule has 3 amide bonds. The Balaban J connectivity index is 1.77. The van der Waals surface area contributed by atoms with E-state index in [0.29, 0.717) is 0 Å². The zero-order valence-electron chi connectivity index (χ0n) is 15.8. The number of nitrogens with one attached hydrogen (secondary N) is 1. The lowest BCUT2D eigenvalue weighted by Gasteiger charge is -2.32. The molecule has 0 aliphatic carbocycles. The van der Waals surface area contributed by atoms with Crippen LogP contribution >= 0.6 is 0 Å². The number of nitrogens with two attached hydrogens (primary N) is 1. The van der Waals surface area contributed by atoms with Crippen LogP contribution in [-0.4, -0.2) is 33.6 Å². The van der Waals surface area contributed by atoms with Crippen LogP contribution < -0.4 is 11.1 Å². The van der Waals surface area contributed by atoms with Gasteiger partial charge >= 0.3 is 0 Å². The van der Waals surface area contributed by atoms with Crippen molar-refractivity contribution in [2.75, 3.05) is 5.73 Å². The molecule has 29 heavy (non-hydrogen) atoms. The van der Waals surface area contributed by atoms with Crippen LogP contribution in [0.3, 0.4) is 0 Å². The van der Waals surface area contributed by atoms with Crippen molar-refractivity contribution in [3.63, 3.8) is 0 Å². The number of carbonyl (C=O) groups excluding carboxylic acids is 3. The van der Waals surface area contributed by atoms with Crippen molar-refractivity contribution in [2.45, 2.75) is 38.8 Å². The van der Waals surface area contributed by atoms with Crippen LogP contribution in [0.15, 0.2) is 18.2 Å². The highest BCUT2D eigenvalue weighted by molar-refractivity contribution is 6.06. The number of amides is 3. The van der Waals surface area contributed by atoms with Gasteiger partial charge in [-0.15, -0.1) is 0 Å². The van der Waals surface area contributed by atoms with E-state index < -0.39 is 41.4 Å². The Morgan fingerprint density at radius 3 is 2.52 bits per heavy atom. The zero-order chi connectivity index (χ0) is 21.0. The second kappa shape index (κ2) is 6.61. The van der Waals surface area contributed by atoms with E-state index >= 15 is 4.39 Å². The van der Waals surface area contributed by atoms with Crippen LogP contribution in [0, 0.1) is 18.6 Å². The van der Waals surface area contributed by atoms with Crippen molar-refractivity contribution in [3.8, 4) is 11.3 Å². The summed E-state index contributed by atoms with van der Waals surface area (Å²) in [6, 6.07) is 2.67. The first-order valence-electron chi connectivity index (χ1n) is 9.12. The monoisotopic (exact) mass is 400 g/mol. The molecule has 1 fully saturated rings. The molecule has 2 unspecified atom stereocenters.